The van der Waals surface area contributed by atoms with E-state index in [0.29, 0.717) is 26.1 Å². The van der Waals surface area contributed by atoms with Crippen molar-refractivity contribution in [3.8, 4) is 0 Å². The first kappa shape index (κ1) is 14.1. The number of aromatic nitrogens is 1. The van der Waals surface area contributed by atoms with E-state index in [1.165, 1.54) is 4.31 Å². The molecule has 0 aliphatic carbocycles. The third-order valence-corrected chi connectivity index (χ3v) is 4.23. The molecule has 5 nitrogen and oxygen atoms in total. The highest BCUT2D eigenvalue weighted by atomic mass is 32.2. The summed E-state index contributed by atoms with van der Waals surface area (Å²) in [5.74, 6) is 0. The number of nitrogens with one attached hydrogen (secondary N) is 1. The highest BCUT2D eigenvalue weighted by Gasteiger charge is 2.16. The van der Waals surface area contributed by atoms with Gasteiger partial charge in [0.05, 0.1) is 0 Å². The van der Waals surface area contributed by atoms with Gasteiger partial charge in [0.2, 0.25) is 0 Å². The van der Waals surface area contributed by atoms with Crippen molar-refractivity contribution in [3.05, 3.63) is 30.1 Å². The Bertz CT molecular complexity index is 416. The van der Waals surface area contributed by atoms with Crippen LogP contribution in [0.4, 0.5) is 0 Å². The average Bonchev–Trinajstić information content (AvgIpc) is 2.31. The minimum atomic E-state index is -3.33. The minimum absolute atomic E-state index is 0.393. The lowest BCUT2D eigenvalue weighted by molar-refractivity contribution is 0.435. The zero-order valence-electron chi connectivity index (χ0n) is 10.3. The van der Waals surface area contributed by atoms with E-state index in [9.17, 15) is 8.42 Å². The van der Waals surface area contributed by atoms with Crippen LogP contribution in [0.25, 0.3) is 0 Å². The molecular weight excluding hydrogens is 238 g/mol. The van der Waals surface area contributed by atoms with E-state index < -0.39 is 10.2 Å². The van der Waals surface area contributed by atoms with Crippen LogP contribution in [-0.4, -0.2) is 37.3 Å². The molecule has 0 aliphatic heterocycles. The summed E-state index contributed by atoms with van der Waals surface area (Å²) in [5, 5.41) is 0. The smallest absolute Gasteiger partial charge is 0.264 e. The molecule has 0 bridgehead atoms. The lowest BCUT2D eigenvalue weighted by atomic mass is 10.2. The summed E-state index contributed by atoms with van der Waals surface area (Å²) in [6, 6.07) is 3.77. The van der Waals surface area contributed by atoms with Crippen molar-refractivity contribution in [1.82, 2.24) is 14.0 Å². The molecule has 0 aliphatic rings. The molecule has 0 atom stereocenters. The quantitative estimate of drug-likeness (QED) is 0.786. The first-order valence-corrected chi connectivity index (χ1v) is 7.17. The normalized spacial score (nSPS) is 11.9. The highest BCUT2D eigenvalue weighted by molar-refractivity contribution is 7.87. The molecule has 1 aromatic heterocycles. The van der Waals surface area contributed by atoms with E-state index in [0.717, 1.165) is 5.56 Å². The van der Waals surface area contributed by atoms with E-state index in [1.54, 1.807) is 12.4 Å². The van der Waals surface area contributed by atoms with Crippen molar-refractivity contribution in [2.24, 2.45) is 0 Å². The Labute approximate surface area is 103 Å². The molecule has 1 rings (SSSR count). The van der Waals surface area contributed by atoms with E-state index in [4.69, 9.17) is 0 Å². The maximum absolute atomic E-state index is 11.8. The predicted molar refractivity (Wildman–Crippen MR) is 67.8 cm³/mol. The van der Waals surface area contributed by atoms with Crippen LogP contribution in [0, 0.1) is 0 Å². The van der Waals surface area contributed by atoms with Gasteiger partial charge in [-0.1, -0.05) is 19.9 Å². The van der Waals surface area contributed by atoms with Crippen molar-refractivity contribution >= 4 is 10.2 Å². The Morgan fingerprint density at radius 3 is 2.59 bits per heavy atom. The summed E-state index contributed by atoms with van der Waals surface area (Å²) in [6.45, 7) is 5.01. The number of pyridine rings is 1. The van der Waals surface area contributed by atoms with Gasteiger partial charge in [-0.2, -0.15) is 12.7 Å². The second-order valence-electron chi connectivity index (χ2n) is 3.59. The summed E-state index contributed by atoms with van der Waals surface area (Å²) >= 11 is 0. The third kappa shape index (κ3) is 4.41. The van der Waals surface area contributed by atoms with Gasteiger partial charge < -0.3 is 0 Å². The van der Waals surface area contributed by atoms with Crippen LogP contribution in [0.15, 0.2) is 24.5 Å². The molecule has 1 aromatic rings. The molecule has 0 saturated heterocycles. The molecule has 17 heavy (non-hydrogen) atoms. The molecule has 0 radical (unpaired) electrons. The molecular formula is C11H19N3O2S. The highest BCUT2D eigenvalue weighted by Crippen LogP contribution is 1.99. The van der Waals surface area contributed by atoms with Crippen molar-refractivity contribution in [2.75, 3.05) is 19.6 Å². The molecule has 0 amide bonds. The fourth-order valence-corrected chi connectivity index (χ4v) is 2.75. The largest absolute Gasteiger partial charge is 0.279 e. The zero-order chi connectivity index (χ0) is 12.7. The van der Waals surface area contributed by atoms with Crippen LogP contribution in [0.5, 0.6) is 0 Å². The maximum Gasteiger partial charge on any atom is 0.279 e. The van der Waals surface area contributed by atoms with Crippen molar-refractivity contribution in [2.45, 2.75) is 20.3 Å². The van der Waals surface area contributed by atoms with Gasteiger partial charge in [0.1, 0.15) is 0 Å². The Kier molecular flexibility index (Phi) is 5.54. The van der Waals surface area contributed by atoms with Crippen molar-refractivity contribution in [3.63, 3.8) is 0 Å². The Hall–Kier alpha value is -0.980. The topological polar surface area (TPSA) is 62.3 Å². The Morgan fingerprint density at radius 1 is 1.35 bits per heavy atom. The van der Waals surface area contributed by atoms with Crippen LogP contribution < -0.4 is 4.72 Å². The van der Waals surface area contributed by atoms with Gasteiger partial charge in [-0.05, 0) is 18.1 Å². The van der Waals surface area contributed by atoms with Gasteiger partial charge in [-0.25, -0.2) is 4.72 Å². The minimum Gasteiger partial charge on any atom is -0.264 e. The Balaban J connectivity index is 2.46. The first-order valence-electron chi connectivity index (χ1n) is 5.73. The molecule has 0 unspecified atom stereocenters. The van der Waals surface area contributed by atoms with Crippen LogP contribution in [-0.2, 0) is 16.6 Å². The summed E-state index contributed by atoms with van der Waals surface area (Å²) < 4.78 is 27.5. The second kappa shape index (κ2) is 6.68. The summed E-state index contributed by atoms with van der Waals surface area (Å²) in [6.07, 6.45) is 4.09. The van der Waals surface area contributed by atoms with Crippen LogP contribution in [0.3, 0.4) is 0 Å². The first-order chi connectivity index (χ1) is 8.10. The zero-order valence-corrected chi connectivity index (χ0v) is 11.1. The SMILES string of the molecule is CCN(CC)S(=O)(=O)NCCc1cccnc1. The maximum atomic E-state index is 11.8. The summed E-state index contributed by atoms with van der Waals surface area (Å²) in [5.41, 5.74) is 1.02. The average molecular weight is 257 g/mol. The molecule has 0 fully saturated rings. The fraction of sp³-hybridized carbons (Fsp3) is 0.545. The predicted octanol–water partition coefficient (Wildman–Crippen LogP) is 0.800. The van der Waals surface area contributed by atoms with Crippen molar-refractivity contribution in [1.29, 1.82) is 0 Å². The molecule has 0 aromatic carbocycles. The van der Waals surface area contributed by atoms with Gasteiger partial charge in [0.25, 0.3) is 10.2 Å². The Morgan fingerprint density at radius 2 is 2.06 bits per heavy atom. The van der Waals surface area contributed by atoms with E-state index in [2.05, 4.69) is 9.71 Å². The van der Waals surface area contributed by atoms with Gasteiger partial charge in [-0.15, -0.1) is 0 Å². The van der Waals surface area contributed by atoms with Gasteiger partial charge in [-0.3, -0.25) is 4.98 Å². The lowest BCUT2D eigenvalue weighted by Gasteiger charge is -2.18. The van der Waals surface area contributed by atoms with E-state index >= 15 is 0 Å². The third-order valence-electron chi connectivity index (χ3n) is 2.47. The number of rotatable bonds is 7. The van der Waals surface area contributed by atoms with Crippen molar-refractivity contribution < 1.29 is 8.42 Å². The van der Waals surface area contributed by atoms with E-state index in [-0.39, 0.29) is 0 Å². The molecule has 1 N–H and O–H groups in total. The second-order valence-corrected chi connectivity index (χ2v) is 5.35. The molecule has 0 saturated carbocycles. The monoisotopic (exact) mass is 257 g/mol. The van der Waals surface area contributed by atoms with Crippen LogP contribution >= 0.6 is 0 Å². The standard InChI is InChI=1S/C11H19N3O2S/c1-3-14(4-2)17(15,16)13-9-7-11-6-5-8-12-10-11/h5-6,8,10,13H,3-4,7,9H2,1-2H3. The number of hydrogen-bond acceptors (Lipinski definition) is 3. The summed E-state index contributed by atoms with van der Waals surface area (Å²) in [7, 11) is -3.33. The van der Waals surface area contributed by atoms with Crippen LogP contribution in [0.1, 0.15) is 19.4 Å². The number of hydrogen-bond donors (Lipinski definition) is 1. The lowest BCUT2D eigenvalue weighted by Crippen LogP contribution is -2.41. The molecule has 96 valence electrons. The van der Waals surface area contributed by atoms with Gasteiger partial charge in [0.15, 0.2) is 0 Å². The number of nitrogens with zero attached hydrogens (tertiary/aromatic N) is 2. The van der Waals surface area contributed by atoms with E-state index in [1.807, 2.05) is 26.0 Å². The van der Waals surface area contributed by atoms with Crippen LogP contribution in [0.2, 0.25) is 0 Å². The van der Waals surface area contributed by atoms with Gasteiger partial charge >= 0.3 is 0 Å². The molecule has 6 heteroatoms. The fourth-order valence-electron chi connectivity index (χ4n) is 1.53. The molecule has 1 heterocycles. The summed E-state index contributed by atoms with van der Waals surface area (Å²) in [4.78, 5) is 3.98. The molecule has 0 spiro atoms. The van der Waals surface area contributed by atoms with Gasteiger partial charge in [0, 0.05) is 32.0 Å².